The van der Waals surface area contributed by atoms with Crippen molar-refractivity contribution in [1.29, 1.82) is 0 Å². The third-order valence-electron chi connectivity index (χ3n) is 7.25. The maximum absolute atomic E-state index is 12.8. The summed E-state index contributed by atoms with van der Waals surface area (Å²) in [6.45, 7) is 5.88. The van der Waals surface area contributed by atoms with Crippen LogP contribution < -0.4 is 9.47 Å². The second-order valence-electron chi connectivity index (χ2n) is 10.5. The zero-order valence-corrected chi connectivity index (χ0v) is 24.6. The third-order valence-corrected chi connectivity index (χ3v) is 7.56. The number of ether oxygens (including phenoxy) is 4. The highest BCUT2D eigenvalue weighted by Crippen LogP contribution is 2.34. The van der Waals surface area contributed by atoms with E-state index < -0.39 is 0 Å². The molecule has 1 fully saturated rings. The molecule has 0 N–H and O–H groups in total. The Morgan fingerprint density at radius 3 is 1.90 bits per heavy atom. The van der Waals surface area contributed by atoms with E-state index in [0.29, 0.717) is 18.6 Å². The summed E-state index contributed by atoms with van der Waals surface area (Å²) in [5, 5.41) is 0. The lowest BCUT2D eigenvalue weighted by Gasteiger charge is -2.35. The standard InChI is InChI=1S/C33H47ClO5/c1-3-5-7-9-10-12-24-37-29-19-15-27(16-20-29)33(35)39-31-22-21-30(38-32(31)25-34)26-13-17-28(18-14-26)36-23-11-8-6-4-2/h13-20,30-32H,3-12,21-25H2,1-2H3/t30-,31+,32-/m1/s1. The van der Waals surface area contributed by atoms with Gasteiger partial charge in [-0.2, -0.15) is 0 Å². The molecule has 1 aliphatic rings. The van der Waals surface area contributed by atoms with Gasteiger partial charge in [-0.15, -0.1) is 11.6 Å². The number of rotatable bonds is 18. The van der Waals surface area contributed by atoms with E-state index in [-0.39, 0.29) is 30.2 Å². The topological polar surface area (TPSA) is 54.0 Å². The van der Waals surface area contributed by atoms with Crippen LogP contribution in [0.3, 0.4) is 0 Å². The Morgan fingerprint density at radius 1 is 0.769 bits per heavy atom. The number of carbonyl (C=O) groups is 1. The van der Waals surface area contributed by atoms with Crippen molar-refractivity contribution in [3.63, 3.8) is 0 Å². The molecular weight excluding hydrogens is 512 g/mol. The molecule has 0 radical (unpaired) electrons. The molecule has 0 spiro atoms. The van der Waals surface area contributed by atoms with Crippen molar-refractivity contribution in [1.82, 2.24) is 0 Å². The average Bonchev–Trinajstić information content (AvgIpc) is 2.97. The molecule has 2 aromatic rings. The van der Waals surface area contributed by atoms with Crippen LogP contribution in [0.5, 0.6) is 11.5 Å². The van der Waals surface area contributed by atoms with Crippen LogP contribution in [0, 0.1) is 0 Å². The monoisotopic (exact) mass is 558 g/mol. The molecule has 6 heteroatoms. The number of hydrogen-bond acceptors (Lipinski definition) is 5. The first kappa shape index (κ1) is 31.3. The lowest BCUT2D eigenvalue weighted by Crippen LogP contribution is -2.40. The first-order chi connectivity index (χ1) is 19.1. The van der Waals surface area contributed by atoms with Crippen molar-refractivity contribution in [2.75, 3.05) is 19.1 Å². The number of alkyl halides is 1. The Kier molecular flexibility index (Phi) is 14.6. The Hall–Kier alpha value is -2.24. The quantitative estimate of drug-likeness (QED) is 0.104. The highest BCUT2D eigenvalue weighted by Gasteiger charge is 2.34. The zero-order chi connectivity index (χ0) is 27.7. The lowest BCUT2D eigenvalue weighted by atomic mass is 9.96. The van der Waals surface area contributed by atoms with Gasteiger partial charge in [0.2, 0.25) is 0 Å². The minimum absolute atomic E-state index is 0.0783. The van der Waals surface area contributed by atoms with Gasteiger partial charge in [-0.25, -0.2) is 4.79 Å². The third kappa shape index (κ3) is 11.0. The van der Waals surface area contributed by atoms with Crippen LogP contribution in [-0.2, 0) is 9.47 Å². The van der Waals surface area contributed by atoms with E-state index in [4.69, 9.17) is 30.5 Å². The molecule has 0 bridgehead atoms. The molecule has 3 rings (SSSR count). The molecule has 216 valence electrons. The van der Waals surface area contributed by atoms with Crippen LogP contribution >= 0.6 is 11.6 Å². The Bertz CT molecular complexity index is 930. The number of benzene rings is 2. The van der Waals surface area contributed by atoms with Crippen molar-refractivity contribution < 1.29 is 23.7 Å². The van der Waals surface area contributed by atoms with Crippen LogP contribution in [-0.4, -0.2) is 37.3 Å². The van der Waals surface area contributed by atoms with E-state index in [9.17, 15) is 4.79 Å². The minimum Gasteiger partial charge on any atom is -0.494 e. The predicted molar refractivity (Wildman–Crippen MR) is 158 cm³/mol. The van der Waals surface area contributed by atoms with Crippen LogP contribution in [0.2, 0.25) is 0 Å². The molecule has 2 aromatic carbocycles. The molecule has 0 amide bonds. The summed E-state index contributed by atoms with van der Waals surface area (Å²) < 4.78 is 23.8. The maximum atomic E-state index is 12.8. The molecule has 0 unspecified atom stereocenters. The highest BCUT2D eigenvalue weighted by molar-refractivity contribution is 6.18. The van der Waals surface area contributed by atoms with Gasteiger partial charge >= 0.3 is 5.97 Å². The molecule has 1 saturated heterocycles. The molecule has 3 atom stereocenters. The van der Waals surface area contributed by atoms with Crippen LogP contribution in [0.25, 0.3) is 0 Å². The van der Waals surface area contributed by atoms with Gasteiger partial charge in [0, 0.05) is 0 Å². The van der Waals surface area contributed by atoms with Gasteiger partial charge in [0.1, 0.15) is 23.7 Å². The van der Waals surface area contributed by atoms with Gasteiger partial charge in [-0.05, 0) is 67.6 Å². The summed E-state index contributed by atoms with van der Waals surface area (Å²) in [4.78, 5) is 12.8. The summed E-state index contributed by atoms with van der Waals surface area (Å²) in [7, 11) is 0. The Morgan fingerprint density at radius 2 is 1.31 bits per heavy atom. The van der Waals surface area contributed by atoms with Gasteiger partial charge in [0.05, 0.1) is 30.8 Å². The number of hydrogen-bond donors (Lipinski definition) is 0. The van der Waals surface area contributed by atoms with E-state index >= 15 is 0 Å². The van der Waals surface area contributed by atoms with E-state index in [1.54, 1.807) is 12.1 Å². The average molecular weight is 559 g/mol. The predicted octanol–water partition coefficient (Wildman–Crippen LogP) is 9.07. The van der Waals surface area contributed by atoms with Crippen molar-refractivity contribution in [3.8, 4) is 11.5 Å². The van der Waals surface area contributed by atoms with E-state index in [0.717, 1.165) is 42.9 Å². The smallest absolute Gasteiger partial charge is 0.338 e. The fraction of sp³-hybridized carbons (Fsp3) is 0.606. The first-order valence-corrected chi connectivity index (χ1v) is 15.6. The summed E-state index contributed by atoms with van der Waals surface area (Å²) in [5.41, 5.74) is 1.59. The zero-order valence-electron chi connectivity index (χ0n) is 23.9. The van der Waals surface area contributed by atoms with Gasteiger partial charge in [-0.1, -0.05) is 77.3 Å². The summed E-state index contributed by atoms with van der Waals surface area (Å²) >= 11 is 6.24. The second kappa shape index (κ2) is 18.2. The molecule has 5 nitrogen and oxygen atoms in total. The highest BCUT2D eigenvalue weighted by atomic mass is 35.5. The lowest BCUT2D eigenvalue weighted by molar-refractivity contribution is -0.114. The summed E-state index contributed by atoms with van der Waals surface area (Å²) in [6.07, 6.45) is 12.8. The largest absolute Gasteiger partial charge is 0.494 e. The van der Waals surface area contributed by atoms with Gasteiger partial charge in [-0.3, -0.25) is 0 Å². The maximum Gasteiger partial charge on any atom is 0.338 e. The van der Waals surface area contributed by atoms with Crippen molar-refractivity contribution in [3.05, 3.63) is 59.7 Å². The van der Waals surface area contributed by atoms with Crippen LogP contribution in [0.4, 0.5) is 0 Å². The van der Waals surface area contributed by atoms with Gasteiger partial charge < -0.3 is 18.9 Å². The van der Waals surface area contributed by atoms with E-state index in [1.807, 2.05) is 24.3 Å². The number of esters is 1. The Balaban J connectivity index is 1.41. The van der Waals surface area contributed by atoms with E-state index in [1.165, 1.54) is 51.4 Å². The molecule has 1 aliphatic heterocycles. The number of carbonyl (C=O) groups excluding carboxylic acids is 1. The summed E-state index contributed by atoms with van der Waals surface area (Å²) in [5.74, 6) is 1.56. The number of halogens is 1. The SMILES string of the molecule is CCCCCCCCOc1ccc(C(=O)O[C@H]2CC[C@H](c3ccc(OCCCCCC)cc3)O[C@@H]2CCl)cc1. The van der Waals surface area contributed by atoms with Gasteiger partial charge in [0.15, 0.2) is 0 Å². The van der Waals surface area contributed by atoms with Gasteiger partial charge in [0.25, 0.3) is 0 Å². The van der Waals surface area contributed by atoms with Crippen molar-refractivity contribution in [2.24, 2.45) is 0 Å². The molecule has 39 heavy (non-hydrogen) atoms. The first-order valence-electron chi connectivity index (χ1n) is 15.0. The second-order valence-corrected chi connectivity index (χ2v) is 10.8. The van der Waals surface area contributed by atoms with Crippen LogP contribution in [0.15, 0.2) is 48.5 Å². The molecule has 0 aromatic heterocycles. The van der Waals surface area contributed by atoms with E-state index in [2.05, 4.69) is 26.0 Å². The molecule has 1 heterocycles. The molecule has 0 aliphatic carbocycles. The normalized spacial score (nSPS) is 19.0. The fourth-order valence-electron chi connectivity index (χ4n) is 4.85. The number of unbranched alkanes of at least 4 members (excludes halogenated alkanes) is 8. The summed E-state index contributed by atoms with van der Waals surface area (Å²) in [6, 6.07) is 15.3. The van der Waals surface area contributed by atoms with Crippen molar-refractivity contribution >= 4 is 17.6 Å². The molecular formula is C33H47ClO5. The van der Waals surface area contributed by atoms with Crippen molar-refractivity contribution in [2.45, 2.75) is 109 Å². The van der Waals surface area contributed by atoms with Crippen LogP contribution in [0.1, 0.15) is 113 Å². The fourth-order valence-corrected chi connectivity index (χ4v) is 5.12. The minimum atomic E-state index is -0.374. The molecule has 0 saturated carbocycles. The Labute approximate surface area is 240 Å².